The molecule has 0 bridgehead atoms. The second kappa shape index (κ2) is 9.31. The van der Waals surface area contributed by atoms with Crippen LogP contribution in [0.15, 0.2) is 60.7 Å². The largest absolute Gasteiger partial charge is 0.488 e. The number of aromatic carboxylic acids is 1. The molecule has 1 heterocycles. The Hall–Kier alpha value is -3.18. The molecule has 0 amide bonds. The number of pyridine rings is 1. The summed E-state index contributed by atoms with van der Waals surface area (Å²) in [5.41, 5.74) is 4.51. The van der Waals surface area contributed by atoms with Gasteiger partial charge in [0.2, 0.25) is 0 Å². The van der Waals surface area contributed by atoms with E-state index in [2.05, 4.69) is 4.98 Å². The van der Waals surface area contributed by atoms with Crippen molar-refractivity contribution < 1.29 is 19.0 Å². The molecule has 1 aliphatic rings. The topological polar surface area (TPSA) is 59.4 Å². The number of aromatic nitrogens is 1. The van der Waals surface area contributed by atoms with Gasteiger partial charge in [-0.1, -0.05) is 29.8 Å². The molecule has 0 spiro atoms. The van der Waals surface area contributed by atoms with Crippen molar-refractivity contribution in [2.75, 3.05) is 0 Å². The summed E-state index contributed by atoms with van der Waals surface area (Å²) in [4.78, 5) is 15.7. The molecule has 0 saturated heterocycles. The maximum atomic E-state index is 13.2. The lowest BCUT2D eigenvalue weighted by molar-refractivity contribution is 0.0690. The molecule has 0 saturated carbocycles. The second-order valence-electron chi connectivity index (χ2n) is 7.43. The quantitative estimate of drug-likeness (QED) is 0.469. The fourth-order valence-corrected chi connectivity index (χ4v) is 3.98. The van der Waals surface area contributed by atoms with Crippen LogP contribution >= 0.6 is 11.6 Å². The third-order valence-corrected chi connectivity index (χ3v) is 5.55. The van der Waals surface area contributed by atoms with E-state index in [9.17, 15) is 14.3 Å². The van der Waals surface area contributed by atoms with Crippen LogP contribution in [0.5, 0.6) is 5.75 Å². The lowest BCUT2D eigenvalue weighted by atomic mass is 9.85. The van der Waals surface area contributed by atoms with E-state index < -0.39 is 5.97 Å². The van der Waals surface area contributed by atoms with E-state index in [4.69, 9.17) is 16.3 Å². The van der Waals surface area contributed by atoms with Gasteiger partial charge in [-0.3, -0.25) is 0 Å². The Labute approximate surface area is 185 Å². The molecule has 0 radical (unpaired) electrons. The molecule has 158 valence electrons. The van der Waals surface area contributed by atoms with Crippen molar-refractivity contribution in [3.05, 3.63) is 94.0 Å². The summed E-state index contributed by atoms with van der Waals surface area (Å²) in [5.74, 6) is -0.660. The van der Waals surface area contributed by atoms with Gasteiger partial charge >= 0.3 is 5.97 Å². The van der Waals surface area contributed by atoms with Gasteiger partial charge in [-0.15, -0.1) is 0 Å². The number of rotatable bonds is 6. The number of hydrogen-bond donors (Lipinski definition) is 1. The van der Waals surface area contributed by atoms with Gasteiger partial charge < -0.3 is 9.84 Å². The van der Waals surface area contributed by atoms with Crippen LogP contribution < -0.4 is 4.74 Å². The molecule has 1 aromatic heterocycles. The molecule has 0 atom stereocenters. The third-order valence-electron chi connectivity index (χ3n) is 5.32. The van der Waals surface area contributed by atoms with Crippen molar-refractivity contribution in [3.8, 4) is 5.75 Å². The van der Waals surface area contributed by atoms with Crippen LogP contribution in [0.1, 0.15) is 53.0 Å². The summed E-state index contributed by atoms with van der Waals surface area (Å²) >= 11 is 6.32. The summed E-state index contributed by atoms with van der Waals surface area (Å²) in [6.07, 6.45) is 3.64. The summed E-state index contributed by atoms with van der Waals surface area (Å²) < 4.78 is 19.3. The van der Waals surface area contributed by atoms with Crippen molar-refractivity contribution in [1.82, 2.24) is 4.98 Å². The number of carboxylic acid groups (broad SMARTS) is 1. The molecule has 0 unspecified atom stereocenters. The first-order chi connectivity index (χ1) is 15.0. The Kier molecular flexibility index (Phi) is 6.33. The number of ether oxygens (including phenoxy) is 1. The maximum Gasteiger partial charge on any atom is 0.354 e. The predicted molar refractivity (Wildman–Crippen MR) is 119 cm³/mol. The lowest BCUT2D eigenvalue weighted by Crippen LogP contribution is -2.06. The SMILES string of the molecule is O=C(O)c1cccc(C2=C(c3cc(Cl)ccc3OCc3ccc(F)cc3)CCCC2)n1. The standard InChI is InChI=1S/C25H21ClFNO3/c26-17-10-13-24(31-15-16-8-11-18(27)12-9-16)21(14-17)19-4-1-2-5-20(19)22-6-3-7-23(28-22)25(29)30/h3,6-14H,1-2,4-5,15H2,(H,29,30). The van der Waals surface area contributed by atoms with Gasteiger partial charge in [0.15, 0.2) is 0 Å². The minimum Gasteiger partial charge on any atom is -0.488 e. The molecule has 4 rings (SSSR count). The predicted octanol–water partition coefficient (Wildman–Crippen LogP) is 6.64. The number of carboxylic acids is 1. The van der Waals surface area contributed by atoms with Gasteiger partial charge in [-0.05, 0) is 84.9 Å². The van der Waals surface area contributed by atoms with E-state index in [0.29, 0.717) is 23.1 Å². The minimum absolute atomic E-state index is 0.0220. The van der Waals surface area contributed by atoms with E-state index >= 15 is 0 Å². The first-order valence-electron chi connectivity index (χ1n) is 10.1. The normalized spacial score (nSPS) is 13.9. The molecule has 31 heavy (non-hydrogen) atoms. The van der Waals surface area contributed by atoms with Gasteiger partial charge in [0.1, 0.15) is 23.9 Å². The van der Waals surface area contributed by atoms with Crippen LogP contribution in [-0.4, -0.2) is 16.1 Å². The summed E-state index contributed by atoms with van der Waals surface area (Å²) in [7, 11) is 0. The number of carbonyl (C=O) groups is 1. The molecule has 6 heteroatoms. The zero-order valence-electron chi connectivity index (χ0n) is 16.8. The molecule has 4 nitrogen and oxygen atoms in total. The van der Waals surface area contributed by atoms with Gasteiger partial charge in [0.25, 0.3) is 0 Å². The average Bonchev–Trinajstić information content (AvgIpc) is 2.79. The molecule has 2 aromatic carbocycles. The highest BCUT2D eigenvalue weighted by molar-refractivity contribution is 6.30. The average molecular weight is 438 g/mol. The number of benzene rings is 2. The first kappa shape index (κ1) is 21.1. The number of hydrogen-bond acceptors (Lipinski definition) is 3. The molecule has 1 N–H and O–H groups in total. The number of nitrogens with zero attached hydrogens (tertiary/aromatic N) is 1. The molecular formula is C25H21ClFNO3. The summed E-state index contributed by atoms with van der Waals surface area (Å²) in [6, 6.07) is 16.7. The number of halogens is 2. The molecule has 1 aliphatic carbocycles. The molecular weight excluding hydrogens is 417 g/mol. The lowest BCUT2D eigenvalue weighted by Gasteiger charge is -2.23. The third kappa shape index (κ3) is 4.94. The summed E-state index contributed by atoms with van der Waals surface area (Å²) in [6.45, 7) is 0.296. The Balaban J connectivity index is 1.73. The van der Waals surface area contributed by atoms with Crippen molar-refractivity contribution in [2.24, 2.45) is 0 Å². The zero-order chi connectivity index (χ0) is 21.8. The molecule has 0 aliphatic heterocycles. The fourth-order valence-electron chi connectivity index (χ4n) is 3.81. The van der Waals surface area contributed by atoms with E-state index in [0.717, 1.165) is 48.0 Å². The highest BCUT2D eigenvalue weighted by Crippen LogP contribution is 2.41. The van der Waals surface area contributed by atoms with Gasteiger partial charge in [0.05, 0.1) is 5.69 Å². The van der Waals surface area contributed by atoms with Crippen LogP contribution in [-0.2, 0) is 6.61 Å². The molecule has 0 fully saturated rings. The van der Waals surface area contributed by atoms with E-state index in [1.165, 1.54) is 18.2 Å². The van der Waals surface area contributed by atoms with Gasteiger partial charge in [-0.25, -0.2) is 14.2 Å². The van der Waals surface area contributed by atoms with Crippen LogP contribution in [0.2, 0.25) is 5.02 Å². The van der Waals surface area contributed by atoms with Gasteiger partial charge in [-0.2, -0.15) is 0 Å². The fraction of sp³-hybridized carbons (Fsp3) is 0.200. The smallest absolute Gasteiger partial charge is 0.354 e. The van der Waals surface area contributed by atoms with Crippen molar-refractivity contribution in [2.45, 2.75) is 32.3 Å². The van der Waals surface area contributed by atoms with Crippen LogP contribution in [0.4, 0.5) is 4.39 Å². The van der Waals surface area contributed by atoms with Crippen molar-refractivity contribution >= 4 is 28.7 Å². The summed E-state index contributed by atoms with van der Waals surface area (Å²) in [5, 5.41) is 9.92. The highest BCUT2D eigenvalue weighted by atomic mass is 35.5. The van der Waals surface area contributed by atoms with E-state index in [-0.39, 0.29) is 11.5 Å². The Bertz CT molecular complexity index is 1140. The Morgan fingerprint density at radius 2 is 1.77 bits per heavy atom. The van der Waals surface area contributed by atoms with Crippen LogP contribution in [0, 0.1) is 5.82 Å². The van der Waals surface area contributed by atoms with Crippen molar-refractivity contribution in [3.63, 3.8) is 0 Å². The first-order valence-corrected chi connectivity index (χ1v) is 10.5. The monoisotopic (exact) mass is 437 g/mol. The van der Waals surface area contributed by atoms with Crippen LogP contribution in [0.3, 0.4) is 0 Å². The van der Waals surface area contributed by atoms with Crippen molar-refractivity contribution in [1.29, 1.82) is 0 Å². The zero-order valence-corrected chi connectivity index (χ0v) is 17.5. The Morgan fingerprint density at radius 3 is 2.52 bits per heavy atom. The van der Waals surface area contributed by atoms with E-state index in [1.54, 1.807) is 24.3 Å². The minimum atomic E-state index is -1.05. The van der Waals surface area contributed by atoms with E-state index in [1.807, 2.05) is 18.2 Å². The highest BCUT2D eigenvalue weighted by Gasteiger charge is 2.21. The Morgan fingerprint density at radius 1 is 1.03 bits per heavy atom. The van der Waals surface area contributed by atoms with Crippen LogP contribution in [0.25, 0.3) is 11.1 Å². The number of allylic oxidation sites excluding steroid dienone is 2. The second-order valence-corrected chi connectivity index (χ2v) is 7.87. The van der Waals surface area contributed by atoms with Gasteiger partial charge in [0, 0.05) is 10.6 Å². The molecule has 3 aromatic rings. The maximum absolute atomic E-state index is 13.2.